The number of nitrogens with zero attached hydrogens (tertiary/aromatic N) is 3. The topological polar surface area (TPSA) is 79.6 Å². The number of fused-ring (bicyclic) bond motifs is 1. The van der Waals surface area contributed by atoms with Gasteiger partial charge in [0, 0.05) is 17.4 Å². The number of rotatable bonds is 3. The van der Waals surface area contributed by atoms with Gasteiger partial charge in [-0.3, -0.25) is 5.10 Å². The van der Waals surface area contributed by atoms with Crippen LogP contribution in [-0.4, -0.2) is 20.2 Å². The maximum Gasteiger partial charge on any atom is 0.181 e. The summed E-state index contributed by atoms with van der Waals surface area (Å²) in [7, 11) is 0. The lowest BCUT2D eigenvalue weighted by molar-refractivity contribution is 0.572. The molecule has 0 radical (unpaired) electrons. The van der Waals surface area contributed by atoms with Gasteiger partial charge in [-0.05, 0) is 25.1 Å². The largest absolute Gasteiger partial charge is 0.444 e. The molecule has 0 saturated carbocycles. The van der Waals surface area contributed by atoms with Crippen LogP contribution in [0, 0.1) is 6.92 Å². The van der Waals surface area contributed by atoms with E-state index < -0.39 is 0 Å². The van der Waals surface area contributed by atoms with Gasteiger partial charge in [-0.25, -0.2) is 9.97 Å². The molecular formula is C16H13N5O. The van der Waals surface area contributed by atoms with Crippen molar-refractivity contribution in [3.05, 3.63) is 54.8 Å². The number of aromatic nitrogens is 4. The van der Waals surface area contributed by atoms with Crippen LogP contribution in [0.2, 0.25) is 0 Å². The minimum atomic E-state index is 0.731. The fraction of sp³-hybridized carbons (Fsp3) is 0.0625. The highest BCUT2D eigenvalue weighted by atomic mass is 16.3. The van der Waals surface area contributed by atoms with Gasteiger partial charge in [0.2, 0.25) is 0 Å². The summed E-state index contributed by atoms with van der Waals surface area (Å²) in [6.45, 7) is 1.95. The first-order valence-electron chi connectivity index (χ1n) is 6.87. The number of anilines is 2. The molecule has 0 aliphatic heterocycles. The second-order valence-electron chi connectivity index (χ2n) is 4.96. The first-order chi connectivity index (χ1) is 10.8. The molecule has 0 spiro atoms. The van der Waals surface area contributed by atoms with Crippen LogP contribution in [0.25, 0.3) is 22.2 Å². The number of nitrogens with one attached hydrogen (secondary N) is 2. The van der Waals surface area contributed by atoms with Gasteiger partial charge in [0.1, 0.15) is 5.82 Å². The zero-order valence-electron chi connectivity index (χ0n) is 11.9. The molecule has 0 saturated heterocycles. The SMILES string of the molecule is Cc1n[nH]c2ccnc(Nc3cccc(-c4cnco4)c3)c12. The number of H-pyrrole nitrogens is 1. The Morgan fingerprint density at radius 3 is 3.05 bits per heavy atom. The van der Waals surface area contributed by atoms with E-state index in [1.54, 1.807) is 12.4 Å². The molecule has 22 heavy (non-hydrogen) atoms. The maximum absolute atomic E-state index is 5.33. The molecule has 4 aromatic rings. The molecule has 0 aliphatic rings. The van der Waals surface area contributed by atoms with Crippen LogP contribution >= 0.6 is 0 Å². The summed E-state index contributed by atoms with van der Waals surface area (Å²) in [4.78, 5) is 8.37. The standard InChI is InChI=1S/C16H13N5O/c1-10-15-13(21-20-10)5-6-18-16(15)19-12-4-2-3-11(7-12)14-8-17-9-22-14/h2-9H,1H3,(H,18,19)(H,20,21). The maximum atomic E-state index is 5.33. The highest BCUT2D eigenvalue weighted by Crippen LogP contribution is 2.28. The normalized spacial score (nSPS) is 11.0. The lowest BCUT2D eigenvalue weighted by atomic mass is 10.1. The van der Waals surface area contributed by atoms with E-state index in [4.69, 9.17) is 4.42 Å². The van der Waals surface area contributed by atoms with Gasteiger partial charge in [0.15, 0.2) is 12.2 Å². The van der Waals surface area contributed by atoms with Crippen LogP contribution < -0.4 is 5.32 Å². The smallest absolute Gasteiger partial charge is 0.181 e. The highest BCUT2D eigenvalue weighted by molar-refractivity contribution is 5.93. The number of benzene rings is 1. The molecule has 4 rings (SSSR count). The first kappa shape index (κ1) is 12.6. The van der Waals surface area contributed by atoms with E-state index >= 15 is 0 Å². The molecule has 2 N–H and O–H groups in total. The Labute approximate surface area is 126 Å². The molecule has 0 bridgehead atoms. The van der Waals surface area contributed by atoms with Gasteiger partial charge in [0.25, 0.3) is 0 Å². The molecule has 0 aliphatic carbocycles. The summed E-state index contributed by atoms with van der Waals surface area (Å²) in [6, 6.07) is 9.82. The van der Waals surface area contributed by atoms with E-state index in [1.165, 1.54) is 6.39 Å². The Kier molecular flexibility index (Phi) is 2.86. The third kappa shape index (κ3) is 2.10. The van der Waals surface area contributed by atoms with Crippen molar-refractivity contribution in [2.45, 2.75) is 6.92 Å². The molecule has 0 atom stereocenters. The molecule has 3 aromatic heterocycles. The van der Waals surface area contributed by atoms with Crippen LogP contribution in [0.5, 0.6) is 0 Å². The van der Waals surface area contributed by atoms with E-state index in [1.807, 2.05) is 37.3 Å². The molecule has 108 valence electrons. The number of aryl methyl sites for hydroxylation is 1. The summed E-state index contributed by atoms with van der Waals surface area (Å²) in [5, 5.41) is 11.6. The zero-order chi connectivity index (χ0) is 14.9. The van der Waals surface area contributed by atoms with Crippen molar-refractivity contribution in [3.8, 4) is 11.3 Å². The van der Waals surface area contributed by atoms with Gasteiger partial charge in [-0.2, -0.15) is 5.10 Å². The van der Waals surface area contributed by atoms with E-state index in [9.17, 15) is 0 Å². The molecule has 6 nitrogen and oxygen atoms in total. The Morgan fingerprint density at radius 1 is 1.23 bits per heavy atom. The van der Waals surface area contributed by atoms with Crippen molar-refractivity contribution < 1.29 is 4.42 Å². The first-order valence-corrected chi connectivity index (χ1v) is 6.87. The van der Waals surface area contributed by atoms with Crippen molar-refractivity contribution in [3.63, 3.8) is 0 Å². The quantitative estimate of drug-likeness (QED) is 0.602. The summed E-state index contributed by atoms with van der Waals surface area (Å²) in [5.74, 6) is 1.51. The number of oxazole rings is 1. The van der Waals surface area contributed by atoms with Crippen LogP contribution in [0.1, 0.15) is 5.69 Å². The minimum absolute atomic E-state index is 0.731. The van der Waals surface area contributed by atoms with Gasteiger partial charge in [-0.1, -0.05) is 12.1 Å². The van der Waals surface area contributed by atoms with Gasteiger partial charge in [0.05, 0.1) is 22.8 Å². The fourth-order valence-corrected chi connectivity index (χ4v) is 2.46. The third-order valence-electron chi connectivity index (χ3n) is 3.50. The Hall–Kier alpha value is -3.15. The predicted octanol–water partition coefficient (Wildman–Crippen LogP) is 3.66. The van der Waals surface area contributed by atoms with E-state index in [2.05, 4.69) is 25.5 Å². The Morgan fingerprint density at radius 2 is 2.18 bits per heavy atom. The van der Waals surface area contributed by atoms with Crippen LogP contribution in [-0.2, 0) is 0 Å². The highest BCUT2D eigenvalue weighted by Gasteiger charge is 2.09. The molecule has 6 heteroatoms. The van der Waals surface area contributed by atoms with E-state index in [0.717, 1.165) is 39.4 Å². The molecule has 0 unspecified atom stereocenters. The third-order valence-corrected chi connectivity index (χ3v) is 3.50. The molecule has 0 amide bonds. The Balaban J connectivity index is 1.74. The number of hydrogen-bond acceptors (Lipinski definition) is 5. The van der Waals surface area contributed by atoms with Gasteiger partial charge in [-0.15, -0.1) is 0 Å². The number of aromatic amines is 1. The summed E-state index contributed by atoms with van der Waals surface area (Å²) in [5.41, 5.74) is 3.76. The molecule has 3 heterocycles. The average Bonchev–Trinajstić information content (AvgIpc) is 3.19. The summed E-state index contributed by atoms with van der Waals surface area (Å²) >= 11 is 0. The minimum Gasteiger partial charge on any atom is -0.444 e. The number of hydrogen-bond donors (Lipinski definition) is 2. The van der Waals surface area contributed by atoms with Gasteiger partial charge < -0.3 is 9.73 Å². The second kappa shape index (κ2) is 5.00. The van der Waals surface area contributed by atoms with Gasteiger partial charge >= 0.3 is 0 Å². The van der Waals surface area contributed by atoms with Crippen LogP contribution in [0.15, 0.2) is 53.5 Å². The van der Waals surface area contributed by atoms with E-state index in [-0.39, 0.29) is 0 Å². The number of pyridine rings is 1. The van der Waals surface area contributed by atoms with Crippen molar-refractivity contribution >= 4 is 22.4 Å². The lowest BCUT2D eigenvalue weighted by Crippen LogP contribution is -1.94. The second-order valence-corrected chi connectivity index (χ2v) is 4.96. The zero-order valence-corrected chi connectivity index (χ0v) is 11.9. The van der Waals surface area contributed by atoms with Crippen LogP contribution in [0.3, 0.4) is 0 Å². The van der Waals surface area contributed by atoms with Crippen molar-refractivity contribution in [1.82, 2.24) is 20.2 Å². The predicted molar refractivity (Wildman–Crippen MR) is 83.8 cm³/mol. The van der Waals surface area contributed by atoms with Crippen LogP contribution in [0.4, 0.5) is 11.5 Å². The van der Waals surface area contributed by atoms with Crippen molar-refractivity contribution in [2.75, 3.05) is 5.32 Å². The molecule has 1 aromatic carbocycles. The summed E-state index contributed by atoms with van der Waals surface area (Å²) in [6.07, 6.45) is 4.87. The summed E-state index contributed by atoms with van der Waals surface area (Å²) < 4.78 is 5.33. The van der Waals surface area contributed by atoms with Crippen molar-refractivity contribution in [2.24, 2.45) is 0 Å². The lowest BCUT2D eigenvalue weighted by Gasteiger charge is -2.08. The molecule has 0 fully saturated rings. The average molecular weight is 291 g/mol. The molecular weight excluding hydrogens is 278 g/mol. The Bertz CT molecular complexity index is 927. The fourth-order valence-electron chi connectivity index (χ4n) is 2.46. The monoisotopic (exact) mass is 291 g/mol. The van der Waals surface area contributed by atoms with Crippen molar-refractivity contribution in [1.29, 1.82) is 0 Å². The van der Waals surface area contributed by atoms with E-state index in [0.29, 0.717) is 0 Å².